The maximum absolute atomic E-state index is 3.72. The molecule has 0 amide bonds. The molecule has 2 rings (SSSR count). The Bertz CT molecular complexity index is 406. The fraction of sp³-hybridized carbons (Fsp3) is 0.700. The van der Waals surface area contributed by atoms with Crippen molar-refractivity contribution in [2.75, 3.05) is 6.54 Å². The molecule has 118 valence electrons. The molecule has 0 bridgehead atoms. The van der Waals surface area contributed by atoms with Gasteiger partial charge < -0.3 is 5.32 Å². The summed E-state index contributed by atoms with van der Waals surface area (Å²) >= 11 is 0. The van der Waals surface area contributed by atoms with Gasteiger partial charge in [-0.2, -0.15) is 0 Å². The summed E-state index contributed by atoms with van der Waals surface area (Å²) in [5.74, 6) is 0.810. The smallest absolute Gasteiger partial charge is 0.0369 e. The summed E-state index contributed by atoms with van der Waals surface area (Å²) < 4.78 is 0. The Kier molecular flexibility index (Phi) is 5.87. The molecular weight excluding hydrogens is 254 g/mol. The van der Waals surface area contributed by atoms with Crippen LogP contribution in [0.1, 0.15) is 89.3 Å². The molecule has 1 aromatic carbocycles. The second-order valence-electron chi connectivity index (χ2n) is 7.75. The average molecular weight is 287 g/mol. The molecule has 1 aliphatic carbocycles. The lowest BCUT2D eigenvalue weighted by Gasteiger charge is -2.32. The average Bonchev–Trinajstić information content (AvgIpc) is 2.48. The molecule has 0 spiro atoms. The van der Waals surface area contributed by atoms with Crippen LogP contribution in [0.2, 0.25) is 0 Å². The summed E-state index contributed by atoms with van der Waals surface area (Å²) in [7, 11) is 0. The fourth-order valence-electron chi connectivity index (χ4n) is 3.61. The van der Waals surface area contributed by atoms with E-state index in [1.54, 1.807) is 5.56 Å². The second kappa shape index (κ2) is 7.45. The van der Waals surface area contributed by atoms with E-state index in [-0.39, 0.29) is 5.41 Å². The van der Waals surface area contributed by atoms with E-state index in [0.717, 1.165) is 12.5 Å². The van der Waals surface area contributed by atoms with Crippen molar-refractivity contribution < 1.29 is 0 Å². The first kappa shape index (κ1) is 16.5. The summed E-state index contributed by atoms with van der Waals surface area (Å²) in [5, 5.41) is 3.72. The van der Waals surface area contributed by atoms with E-state index in [1.165, 1.54) is 44.1 Å². The minimum atomic E-state index is 0.252. The lowest BCUT2D eigenvalue weighted by molar-refractivity contribution is 0.273. The van der Waals surface area contributed by atoms with Crippen LogP contribution in [-0.4, -0.2) is 6.54 Å². The topological polar surface area (TPSA) is 12.0 Å². The quantitative estimate of drug-likeness (QED) is 0.719. The first-order chi connectivity index (χ1) is 10.0. The van der Waals surface area contributed by atoms with Gasteiger partial charge in [0.05, 0.1) is 0 Å². The highest BCUT2D eigenvalue weighted by atomic mass is 14.9. The largest absolute Gasteiger partial charge is 0.309 e. The number of hydrogen-bond donors (Lipinski definition) is 1. The third-order valence-electron chi connectivity index (χ3n) is 4.81. The normalized spacial score (nSPS) is 18.7. The first-order valence-electron chi connectivity index (χ1n) is 8.85. The van der Waals surface area contributed by atoms with Crippen molar-refractivity contribution in [3.63, 3.8) is 0 Å². The zero-order valence-electron chi connectivity index (χ0n) is 14.4. The van der Waals surface area contributed by atoms with E-state index in [2.05, 4.69) is 57.3 Å². The predicted octanol–water partition coefficient (Wildman–Crippen LogP) is 5.82. The third-order valence-corrected chi connectivity index (χ3v) is 4.81. The predicted molar refractivity (Wildman–Crippen MR) is 92.8 cm³/mol. The molecule has 0 aromatic heterocycles. The van der Waals surface area contributed by atoms with Crippen molar-refractivity contribution in [2.45, 2.75) is 78.2 Å². The summed E-state index contributed by atoms with van der Waals surface area (Å²) in [5.41, 5.74) is 3.25. The standard InChI is InChI=1S/C20H33N/c1-5-15-21-19(20(2,3)4)18-13-11-17(12-14-18)16-9-7-6-8-10-16/h11-14,16,19,21H,5-10,15H2,1-4H3. The number of hydrogen-bond acceptors (Lipinski definition) is 1. The van der Waals surface area contributed by atoms with Crippen molar-refractivity contribution >= 4 is 0 Å². The highest BCUT2D eigenvalue weighted by Crippen LogP contribution is 2.36. The lowest BCUT2D eigenvalue weighted by atomic mass is 9.80. The van der Waals surface area contributed by atoms with Crippen LogP contribution in [0.5, 0.6) is 0 Å². The molecule has 1 heteroatoms. The van der Waals surface area contributed by atoms with E-state index in [4.69, 9.17) is 0 Å². The van der Waals surface area contributed by atoms with E-state index in [1.807, 2.05) is 0 Å². The minimum Gasteiger partial charge on any atom is -0.309 e. The van der Waals surface area contributed by atoms with Gasteiger partial charge in [-0.3, -0.25) is 0 Å². The van der Waals surface area contributed by atoms with Crippen molar-refractivity contribution in [3.8, 4) is 0 Å². The molecule has 1 fully saturated rings. The van der Waals surface area contributed by atoms with Crippen LogP contribution >= 0.6 is 0 Å². The molecule has 1 saturated carbocycles. The summed E-state index contributed by atoms with van der Waals surface area (Å²) in [6.45, 7) is 10.3. The molecular formula is C20H33N. The van der Waals surface area contributed by atoms with Gasteiger partial charge >= 0.3 is 0 Å². The van der Waals surface area contributed by atoms with E-state index < -0.39 is 0 Å². The molecule has 0 radical (unpaired) electrons. The lowest BCUT2D eigenvalue weighted by Crippen LogP contribution is -2.32. The summed E-state index contributed by atoms with van der Waals surface area (Å²) in [4.78, 5) is 0. The SMILES string of the molecule is CCCNC(c1ccc(C2CCCCC2)cc1)C(C)(C)C. The zero-order valence-corrected chi connectivity index (χ0v) is 14.4. The van der Waals surface area contributed by atoms with Gasteiger partial charge in [-0.15, -0.1) is 0 Å². The Morgan fingerprint density at radius 1 is 1.05 bits per heavy atom. The van der Waals surface area contributed by atoms with Crippen LogP contribution < -0.4 is 5.32 Å². The Morgan fingerprint density at radius 3 is 2.19 bits per heavy atom. The maximum atomic E-state index is 3.72. The van der Waals surface area contributed by atoms with E-state index in [0.29, 0.717) is 6.04 Å². The van der Waals surface area contributed by atoms with Crippen molar-refractivity contribution in [3.05, 3.63) is 35.4 Å². The molecule has 1 aliphatic rings. The van der Waals surface area contributed by atoms with Gasteiger partial charge in [-0.1, -0.05) is 71.2 Å². The number of nitrogens with one attached hydrogen (secondary N) is 1. The minimum absolute atomic E-state index is 0.252. The Labute approximate surface area is 131 Å². The van der Waals surface area contributed by atoms with Crippen LogP contribution in [0.15, 0.2) is 24.3 Å². The highest BCUT2D eigenvalue weighted by molar-refractivity contribution is 5.28. The molecule has 1 N–H and O–H groups in total. The van der Waals surface area contributed by atoms with Crippen LogP contribution in [0.3, 0.4) is 0 Å². The third kappa shape index (κ3) is 4.57. The molecule has 1 nitrogen and oxygen atoms in total. The van der Waals surface area contributed by atoms with Crippen LogP contribution in [0, 0.1) is 5.41 Å². The number of benzene rings is 1. The molecule has 1 unspecified atom stereocenters. The molecule has 21 heavy (non-hydrogen) atoms. The van der Waals surface area contributed by atoms with Gasteiger partial charge in [0, 0.05) is 6.04 Å². The van der Waals surface area contributed by atoms with Gasteiger partial charge in [-0.25, -0.2) is 0 Å². The van der Waals surface area contributed by atoms with Gasteiger partial charge in [0.1, 0.15) is 0 Å². The monoisotopic (exact) mass is 287 g/mol. The van der Waals surface area contributed by atoms with Gasteiger partial charge in [0.25, 0.3) is 0 Å². The van der Waals surface area contributed by atoms with Crippen LogP contribution in [0.4, 0.5) is 0 Å². The Balaban J connectivity index is 2.11. The molecule has 0 saturated heterocycles. The van der Waals surface area contributed by atoms with Crippen molar-refractivity contribution in [2.24, 2.45) is 5.41 Å². The zero-order chi connectivity index (χ0) is 15.3. The number of rotatable bonds is 5. The summed E-state index contributed by atoms with van der Waals surface area (Å²) in [6, 6.07) is 9.94. The molecule has 1 atom stereocenters. The second-order valence-corrected chi connectivity index (χ2v) is 7.75. The van der Waals surface area contributed by atoms with Crippen molar-refractivity contribution in [1.29, 1.82) is 0 Å². The van der Waals surface area contributed by atoms with E-state index >= 15 is 0 Å². The maximum Gasteiger partial charge on any atom is 0.0369 e. The van der Waals surface area contributed by atoms with Gasteiger partial charge in [-0.05, 0) is 48.3 Å². The Hall–Kier alpha value is -0.820. The summed E-state index contributed by atoms with van der Waals surface area (Å²) in [6.07, 6.45) is 8.21. The molecule has 0 aliphatic heterocycles. The highest BCUT2D eigenvalue weighted by Gasteiger charge is 2.25. The van der Waals surface area contributed by atoms with Crippen molar-refractivity contribution in [1.82, 2.24) is 5.32 Å². The Morgan fingerprint density at radius 2 is 1.67 bits per heavy atom. The fourth-order valence-corrected chi connectivity index (χ4v) is 3.61. The van der Waals surface area contributed by atoms with Gasteiger partial charge in [0.2, 0.25) is 0 Å². The first-order valence-corrected chi connectivity index (χ1v) is 8.85. The van der Waals surface area contributed by atoms with E-state index in [9.17, 15) is 0 Å². The molecule has 0 heterocycles. The van der Waals surface area contributed by atoms with Gasteiger partial charge in [0.15, 0.2) is 0 Å². The molecule has 1 aromatic rings. The van der Waals surface area contributed by atoms with Crippen LogP contribution in [-0.2, 0) is 0 Å². The van der Waals surface area contributed by atoms with Crippen LogP contribution in [0.25, 0.3) is 0 Å².